The predicted molar refractivity (Wildman–Crippen MR) is 83.7 cm³/mol. The molecule has 0 saturated carbocycles. The SMILES string of the molecule is CN(CCNCc1cc(=O)c2cccc(F)c2[nH]1)S(C)(=O)=O. The molecule has 22 heavy (non-hydrogen) atoms. The number of hydrogen-bond acceptors (Lipinski definition) is 4. The first-order valence-electron chi connectivity index (χ1n) is 6.71. The number of likely N-dealkylation sites (N-methyl/N-ethyl adjacent to an activating group) is 1. The van der Waals surface area contributed by atoms with Crippen molar-refractivity contribution >= 4 is 20.9 Å². The highest BCUT2D eigenvalue weighted by Gasteiger charge is 2.10. The Hall–Kier alpha value is -1.77. The number of fused-ring (bicyclic) bond motifs is 1. The Balaban J connectivity index is 2.04. The topological polar surface area (TPSA) is 82.3 Å². The summed E-state index contributed by atoms with van der Waals surface area (Å²) in [4.78, 5) is 14.8. The number of H-pyrrole nitrogens is 1. The molecule has 2 rings (SSSR count). The van der Waals surface area contributed by atoms with E-state index in [1.807, 2.05) is 0 Å². The Bertz CT molecular complexity index is 833. The summed E-state index contributed by atoms with van der Waals surface area (Å²) in [7, 11) is -1.71. The first kappa shape index (κ1) is 16.6. The summed E-state index contributed by atoms with van der Waals surface area (Å²) in [6.07, 6.45) is 1.14. The molecule has 2 aromatic rings. The van der Waals surface area contributed by atoms with Crippen LogP contribution in [-0.2, 0) is 16.6 Å². The van der Waals surface area contributed by atoms with Crippen LogP contribution in [-0.4, -0.2) is 44.1 Å². The van der Waals surface area contributed by atoms with Crippen molar-refractivity contribution in [2.45, 2.75) is 6.54 Å². The van der Waals surface area contributed by atoms with Gasteiger partial charge in [0.2, 0.25) is 10.0 Å². The van der Waals surface area contributed by atoms with Gasteiger partial charge in [-0.3, -0.25) is 4.79 Å². The molecule has 0 amide bonds. The van der Waals surface area contributed by atoms with E-state index in [2.05, 4.69) is 10.3 Å². The first-order chi connectivity index (χ1) is 10.3. The number of para-hydroxylation sites is 1. The molecule has 6 nitrogen and oxygen atoms in total. The minimum Gasteiger partial charge on any atom is -0.355 e. The van der Waals surface area contributed by atoms with Gasteiger partial charge in [0.25, 0.3) is 0 Å². The Morgan fingerprint density at radius 2 is 2.09 bits per heavy atom. The third kappa shape index (κ3) is 3.90. The lowest BCUT2D eigenvalue weighted by atomic mass is 10.2. The van der Waals surface area contributed by atoms with Gasteiger partial charge < -0.3 is 10.3 Å². The lowest BCUT2D eigenvalue weighted by molar-refractivity contribution is 0.462. The average Bonchev–Trinajstić information content (AvgIpc) is 2.43. The number of aromatic amines is 1. The quantitative estimate of drug-likeness (QED) is 0.763. The number of sulfonamides is 1. The van der Waals surface area contributed by atoms with Crippen LogP contribution in [0.4, 0.5) is 4.39 Å². The maximum Gasteiger partial charge on any atom is 0.210 e. The van der Waals surface area contributed by atoms with Gasteiger partial charge in [0.05, 0.1) is 11.8 Å². The van der Waals surface area contributed by atoms with Crippen LogP contribution in [0.2, 0.25) is 0 Å². The van der Waals surface area contributed by atoms with Gasteiger partial charge in [0.1, 0.15) is 5.82 Å². The highest BCUT2D eigenvalue weighted by atomic mass is 32.2. The second kappa shape index (κ2) is 6.55. The number of nitrogens with zero attached hydrogens (tertiary/aromatic N) is 1. The van der Waals surface area contributed by atoms with Crippen molar-refractivity contribution in [3.63, 3.8) is 0 Å². The number of aromatic nitrogens is 1. The van der Waals surface area contributed by atoms with Crippen LogP contribution in [0.5, 0.6) is 0 Å². The zero-order chi connectivity index (χ0) is 16.3. The Morgan fingerprint density at radius 1 is 1.36 bits per heavy atom. The van der Waals surface area contributed by atoms with Gasteiger partial charge in [-0.15, -0.1) is 0 Å². The lowest BCUT2D eigenvalue weighted by Gasteiger charge is -2.14. The van der Waals surface area contributed by atoms with E-state index in [-0.39, 0.29) is 10.9 Å². The number of halogens is 1. The highest BCUT2D eigenvalue weighted by molar-refractivity contribution is 7.88. The van der Waals surface area contributed by atoms with Gasteiger partial charge in [-0.05, 0) is 12.1 Å². The molecule has 0 unspecified atom stereocenters. The largest absolute Gasteiger partial charge is 0.355 e. The summed E-state index contributed by atoms with van der Waals surface area (Å²) in [6.45, 7) is 1.04. The predicted octanol–water partition coefficient (Wildman–Crippen LogP) is 0.648. The van der Waals surface area contributed by atoms with Gasteiger partial charge in [-0.1, -0.05) is 6.07 Å². The zero-order valence-electron chi connectivity index (χ0n) is 12.4. The van der Waals surface area contributed by atoms with Crippen molar-refractivity contribution in [1.29, 1.82) is 0 Å². The molecule has 120 valence electrons. The summed E-state index contributed by atoms with van der Waals surface area (Å²) in [5.41, 5.74) is 0.475. The summed E-state index contributed by atoms with van der Waals surface area (Å²) < 4.78 is 37.4. The van der Waals surface area contributed by atoms with Crippen LogP contribution in [0, 0.1) is 5.82 Å². The van der Waals surface area contributed by atoms with Crippen molar-refractivity contribution < 1.29 is 12.8 Å². The smallest absolute Gasteiger partial charge is 0.210 e. The fraction of sp³-hybridized carbons (Fsp3) is 0.357. The van der Waals surface area contributed by atoms with E-state index in [4.69, 9.17) is 0 Å². The van der Waals surface area contributed by atoms with Gasteiger partial charge in [0, 0.05) is 43.8 Å². The van der Waals surface area contributed by atoms with E-state index in [1.165, 1.54) is 29.6 Å². The van der Waals surface area contributed by atoms with E-state index < -0.39 is 15.8 Å². The summed E-state index contributed by atoms with van der Waals surface area (Å²) in [5.74, 6) is -0.478. The molecule has 0 saturated heterocycles. The van der Waals surface area contributed by atoms with Gasteiger partial charge in [0.15, 0.2) is 5.43 Å². The van der Waals surface area contributed by atoms with E-state index in [1.54, 1.807) is 6.07 Å². The standard InChI is InChI=1S/C14H18FN3O3S/c1-18(22(2,20)21)7-6-16-9-10-8-13(19)11-4-3-5-12(15)14(11)17-10/h3-5,8,16H,6-7,9H2,1-2H3,(H,17,19). The molecule has 0 atom stereocenters. The molecule has 0 spiro atoms. The molecule has 2 N–H and O–H groups in total. The number of benzene rings is 1. The number of nitrogens with one attached hydrogen (secondary N) is 2. The monoisotopic (exact) mass is 327 g/mol. The molecule has 1 heterocycles. The third-order valence-electron chi connectivity index (χ3n) is 3.36. The molecule has 0 aliphatic heterocycles. The summed E-state index contributed by atoms with van der Waals surface area (Å²) in [6, 6.07) is 5.76. The molecule has 1 aromatic heterocycles. The van der Waals surface area contributed by atoms with Crippen LogP contribution in [0.3, 0.4) is 0 Å². The van der Waals surface area contributed by atoms with Crippen molar-refractivity contribution in [3.8, 4) is 0 Å². The van der Waals surface area contributed by atoms with Crippen LogP contribution in [0.15, 0.2) is 29.1 Å². The van der Waals surface area contributed by atoms with E-state index in [9.17, 15) is 17.6 Å². The zero-order valence-corrected chi connectivity index (χ0v) is 13.2. The maximum atomic E-state index is 13.7. The maximum absolute atomic E-state index is 13.7. The van der Waals surface area contributed by atoms with Crippen LogP contribution < -0.4 is 10.7 Å². The van der Waals surface area contributed by atoms with Crippen molar-refractivity contribution in [1.82, 2.24) is 14.6 Å². The summed E-state index contributed by atoms with van der Waals surface area (Å²) in [5, 5.41) is 3.32. The molecular weight excluding hydrogens is 309 g/mol. The van der Waals surface area contributed by atoms with Crippen LogP contribution >= 0.6 is 0 Å². The van der Waals surface area contributed by atoms with Crippen molar-refractivity contribution in [3.05, 3.63) is 46.0 Å². The van der Waals surface area contributed by atoms with Crippen LogP contribution in [0.1, 0.15) is 5.69 Å². The molecule has 0 radical (unpaired) electrons. The fourth-order valence-corrected chi connectivity index (χ4v) is 2.43. The number of pyridine rings is 1. The van der Waals surface area contributed by atoms with Crippen molar-refractivity contribution in [2.75, 3.05) is 26.4 Å². The average molecular weight is 327 g/mol. The first-order valence-corrected chi connectivity index (χ1v) is 8.56. The van der Waals surface area contributed by atoms with Crippen molar-refractivity contribution in [2.24, 2.45) is 0 Å². The second-order valence-electron chi connectivity index (χ2n) is 5.08. The summed E-state index contributed by atoms with van der Waals surface area (Å²) >= 11 is 0. The third-order valence-corrected chi connectivity index (χ3v) is 4.67. The minimum atomic E-state index is -3.20. The highest BCUT2D eigenvalue weighted by Crippen LogP contribution is 2.12. The Kier molecular flexibility index (Phi) is 4.94. The van der Waals surface area contributed by atoms with Crippen LogP contribution in [0.25, 0.3) is 10.9 Å². The van der Waals surface area contributed by atoms with E-state index >= 15 is 0 Å². The minimum absolute atomic E-state index is 0.181. The Labute approximate surface area is 128 Å². The van der Waals surface area contributed by atoms with E-state index in [0.717, 1.165) is 6.26 Å². The normalized spacial score (nSPS) is 12.2. The lowest BCUT2D eigenvalue weighted by Crippen LogP contribution is -2.33. The van der Waals surface area contributed by atoms with Gasteiger partial charge >= 0.3 is 0 Å². The Morgan fingerprint density at radius 3 is 2.77 bits per heavy atom. The molecular formula is C14H18FN3O3S. The number of hydrogen-bond donors (Lipinski definition) is 2. The molecule has 0 aliphatic carbocycles. The van der Waals surface area contributed by atoms with Gasteiger partial charge in [-0.2, -0.15) is 0 Å². The number of rotatable bonds is 6. The van der Waals surface area contributed by atoms with Gasteiger partial charge in [-0.25, -0.2) is 17.1 Å². The second-order valence-corrected chi connectivity index (χ2v) is 7.17. The molecule has 0 aliphatic rings. The molecule has 0 fully saturated rings. The fourth-order valence-electron chi connectivity index (χ4n) is 2.01. The molecule has 1 aromatic carbocycles. The van der Waals surface area contributed by atoms with E-state index in [0.29, 0.717) is 30.7 Å². The molecule has 8 heteroatoms. The molecule has 0 bridgehead atoms.